The lowest BCUT2D eigenvalue weighted by Gasteiger charge is -2.20. The average molecular weight is 449 g/mol. The van der Waals surface area contributed by atoms with E-state index >= 15 is 0 Å². The number of imide groups is 1. The second-order valence-corrected chi connectivity index (χ2v) is 7.57. The molecule has 2 aromatic rings. The number of aryl methyl sites for hydroxylation is 1. The molecule has 2 aliphatic heterocycles. The van der Waals surface area contributed by atoms with Crippen molar-refractivity contribution in [2.24, 2.45) is 10.3 Å². The zero-order valence-corrected chi connectivity index (χ0v) is 18.2. The number of fused-ring (bicyclic) bond motifs is 1. The van der Waals surface area contributed by atoms with Crippen molar-refractivity contribution in [3.63, 3.8) is 0 Å². The SMILES string of the molecule is CCOC(=O)c1ccc(NC(=O)CN2N=N[C@@H]3C(=O)N(c4ccc(CC)cc4)C(=O)[C@@H]32)cc1. The van der Waals surface area contributed by atoms with Gasteiger partial charge in [0.25, 0.3) is 11.8 Å². The van der Waals surface area contributed by atoms with Gasteiger partial charge in [-0.3, -0.25) is 19.4 Å². The Morgan fingerprint density at radius 3 is 2.33 bits per heavy atom. The summed E-state index contributed by atoms with van der Waals surface area (Å²) >= 11 is 0. The minimum Gasteiger partial charge on any atom is -0.462 e. The van der Waals surface area contributed by atoms with Crippen molar-refractivity contribution in [2.75, 3.05) is 23.4 Å². The van der Waals surface area contributed by atoms with Crippen LogP contribution in [0.3, 0.4) is 0 Å². The third-order valence-electron chi connectivity index (χ3n) is 5.45. The van der Waals surface area contributed by atoms with E-state index < -0.39 is 35.8 Å². The summed E-state index contributed by atoms with van der Waals surface area (Å²) in [6, 6.07) is 11.5. The van der Waals surface area contributed by atoms with Crippen molar-refractivity contribution in [3.05, 3.63) is 59.7 Å². The van der Waals surface area contributed by atoms with E-state index in [0.29, 0.717) is 16.9 Å². The summed E-state index contributed by atoms with van der Waals surface area (Å²) < 4.78 is 4.93. The van der Waals surface area contributed by atoms with E-state index in [1.54, 1.807) is 43.3 Å². The Labute approximate surface area is 190 Å². The van der Waals surface area contributed by atoms with Crippen molar-refractivity contribution < 1.29 is 23.9 Å². The van der Waals surface area contributed by atoms with E-state index in [1.807, 2.05) is 19.1 Å². The molecule has 2 heterocycles. The molecule has 0 aromatic heterocycles. The predicted octanol–water partition coefficient (Wildman–Crippen LogP) is 2.36. The van der Waals surface area contributed by atoms with Crippen LogP contribution in [0.5, 0.6) is 0 Å². The van der Waals surface area contributed by atoms with E-state index in [4.69, 9.17) is 4.74 Å². The molecule has 0 spiro atoms. The number of rotatable bonds is 7. The monoisotopic (exact) mass is 449 g/mol. The van der Waals surface area contributed by atoms with E-state index in [2.05, 4.69) is 15.7 Å². The first-order valence-electron chi connectivity index (χ1n) is 10.6. The Morgan fingerprint density at radius 1 is 1.00 bits per heavy atom. The summed E-state index contributed by atoms with van der Waals surface area (Å²) in [6.07, 6.45) is 0.843. The highest BCUT2D eigenvalue weighted by Gasteiger charge is 2.55. The number of amides is 3. The van der Waals surface area contributed by atoms with Gasteiger partial charge >= 0.3 is 5.97 Å². The third-order valence-corrected chi connectivity index (χ3v) is 5.45. The highest BCUT2D eigenvalue weighted by atomic mass is 16.5. The standard InChI is InChI=1S/C23H23N5O5/c1-3-14-5-11-17(12-6-14)28-21(30)19-20(22(28)31)27(26-25-19)13-18(29)24-16-9-7-15(8-10-16)23(32)33-4-2/h5-12,19-20H,3-4,13H2,1-2H3,(H,24,29)/t19-,20+/m0/s1. The number of nitrogens with zero attached hydrogens (tertiary/aromatic N) is 4. The summed E-state index contributed by atoms with van der Waals surface area (Å²) in [6.45, 7) is 3.75. The topological polar surface area (TPSA) is 121 Å². The van der Waals surface area contributed by atoms with Gasteiger partial charge in [0.1, 0.15) is 6.54 Å². The molecule has 170 valence electrons. The number of benzene rings is 2. The fraction of sp³-hybridized carbons (Fsp3) is 0.304. The molecule has 10 nitrogen and oxygen atoms in total. The zero-order valence-electron chi connectivity index (χ0n) is 18.2. The van der Waals surface area contributed by atoms with Crippen molar-refractivity contribution in [3.8, 4) is 0 Å². The molecule has 0 bridgehead atoms. The molecule has 2 atom stereocenters. The highest BCUT2D eigenvalue weighted by Crippen LogP contribution is 2.32. The van der Waals surface area contributed by atoms with Gasteiger partial charge < -0.3 is 10.1 Å². The number of anilines is 2. The first kappa shape index (κ1) is 22.1. The highest BCUT2D eigenvalue weighted by molar-refractivity contribution is 6.25. The molecule has 1 N–H and O–H groups in total. The molecular formula is C23H23N5O5. The summed E-state index contributed by atoms with van der Waals surface area (Å²) in [7, 11) is 0. The Bertz CT molecular complexity index is 1110. The molecule has 2 aliphatic rings. The summed E-state index contributed by atoms with van der Waals surface area (Å²) in [5.74, 6) is -1.82. The first-order valence-corrected chi connectivity index (χ1v) is 10.6. The van der Waals surface area contributed by atoms with Gasteiger partial charge in [0.05, 0.1) is 17.9 Å². The number of hydrogen-bond donors (Lipinski definition) is 1. The van der Waals surface area contributed by atoms with Crippen LogP contribution >= 0.6 is 0 Å². The van der Waals surface area contributed by atoms with Gasteiger partial charge in [-0.15, -0.1) is 0 Å². The van der Waals surface area contributed by atoms with Crippen LogP contribution in [0.2, 0.25) is 0 Å². The lowest BCUT2D eigenvalue weighted by atomic mass is 10.1. The van der Waals surface area contributed by atoms with Crippen LogP contribution < -0.4 is 10.2 Å². The van der Waals surface area contributed by atoms with Crippen molar-refractivity contribution in [1.82, 2.24) is 5.01 Å². The Morgan fingerprint density at radius 2 is 1.70 bits per heavy atom. The molecule has 1 saturated heterocycles. The van der Waals surface area contributed by atoms with E-state index in [-0.39, 0.29) is 13.2 Å². The number of carbonyl (C=O) groups is 4. The van der Waals surface area contributed by atoms with Gasteiger partial charge in [-0.1, -0.05) is 24.3 Å². The summed E-state index contributed by atoms with van der Waals surface area (Å²) in [5.41, 5.74) is 2.39. The molecule has 2 aromatic carbocycles. The lowest BCUT2D eigenvalue weighted by Crippen LogP contribution is -2.43. The first-order chi connectivity index (χ1) is 15.9. The third kappa shape index (κ3) is 4.32. The molecule has 4 rings (SSSR count). The maximum Gasteiger partial charge on any atom is 0.338 e. The van der Waals surface area contributed by atoms with E-state index in [0.717, 1.165) is 16.9 Å². The Kier molecular flexibility index (Phi) is 6.16. The Balaban J connectivity index is 1.41. The largest absolute Gasteiger partial charge is 0.462 e. The van der Waals surface area contributed by atoms with Crippen LogP contribution in [0, 0.1) is 0 Å². The van der Waals surface area contributed by atoms with Crippen LogP contribution in [0.25, 0.3) is 0 Å². The molecule has 0 aliphatic carbocycles. The van der Waals surface area contributed by atoms with E-state index in [1.165, 1.54) is 5.01 Å². The number of esters is 1. The van der Waals surface area contributed by atoms with Gasteiger partial charge in [0.2, 0.25) is 5.91 Å². The van der Waals surface area contributed by atoms with Crippen molar-refractivity contribution in [1.29, 1.82) is 0 Å². The van der Waals surface area contributed by atoms with Crippen LogP contribution in [-0.4, -0.2) is 53.9 Å². The second-order valence-electron chi connectivity index (χ2n) is 7.57. The van der Waals surface area contributed by atoms with Gasteiger partial charge in [0, 0.05) is 5.69 Å². The molecular weight excluding hydrogens is 426 g/mol. The minimum absolute atomic E-state index is 0.258. The quantitative estimate of drug-likeness (QED) is 0.512. The molecule has 33 heavy (non-hydrogen) atoms. The van der Waals surface area contributed by atoms with Crippen LogP contribution in [0.15, 0.2) is 58.9 Å². The van der Waals surface area contributed by atoms with Crippen LogP contribution in [-0.2, 0) is 25.5 Å². The molecule has 10 heteroatoms. The van der Waals surface area contributed by atoms with Crippen molar-refractivity contribution >= 4 is 35.1 Å². The molecule has 0 unspecified atom stereocenters. The summed E-state index contributed by atoms with van der Waals surface area (Å²) in [4.78, 5) is 51.2. The maximum atomic E-state index is 13.0. The molecule has 0 saturated carbocycles. The smallest absolute Gasteiger partial charge is 0.338 e. The Hall–Kier alpha value is -4.08. The van der Waals surface area contributed by atoms with Gasteiger partial charge in [-0.2, -0.15) is 5.11 Å². The fourth-order valence-corrected chi connectivity index (χ4v) is 3.74. The van der Waals surface area contributed by atoms with Gasteiger partial charge in [-0.25, -0.2) is 9.69 Å². The molecule has 1 fully saturated rings. The number of ether oxygens (including phenoxy) is 1. The predicted molar refractivity (Wildman–Crippen MR) is 118 cm³/mol. The minimum atomic E-state index is -0.972. The number of nitrogens with one attached hydrogen (secondary N) is 1. The van der Waals surface area contributed by atoms with Gasteiger partial charge in [0.15, 0.2) is 12.1 Å². The maximum absolute atomic E-state index is 13.0. The average Bonchev–Trinajstić information content (AvgIpc) is 3.33. The van der Waals surface area contributed by atoms with Gasteiger partial charge in [-0.05, 0) is 55.3 Å². The number of carbonyl (C=O) groups excluding carboxylic acids is 4. The van der Waals surface area contributed by atoms with Crippen LogP contribution in [0.4, 0.5) is 11.4 Å². The van der Waals surface area contributed by atoms with Crippen molar-refractivity contribution in [2.45, 2.75) is 32.4 Å². The van der Waals surface area contributed by atoms with Crippen LogP contribution in [0.1, 0.15) is 29.8 Å². The molecule has 0 radical (unpaired) electrons. The zero-order chi connectivity index (χ0) is 23.5. The molecule has 3 amide bonds. The second kappa shape index (κ2) is 9.19. The normalized spacial score (nSPS) is 19.1. The lowest BCUT2D eigenvalue weighted by molar-refractivity contribution is -0.123. The van der Waals surface area contributed by atoms with E-state index in [9.17, 15) is 19.2 Å². The summed E-state index contributed by atoms with van der Waals surface area (Å²) in [5, 5.41) is 11.7. The number of hydrogen-bond acceptors (Lipinski definition) is 8. The fourth-order valence-electron chi connectivity index (χ4n) is 3.74.